The van der Waals surface area contributed by atoms with Gasteiger partial charge in [0.1, 0.15) is 5.75 Å². The lowest BCUT2D eigenvalue weighted by Crippen LogP contribution is -2.53. The highest BCUT2D eigenvalue weighted by Gasteiger charge is 2.32. The summed E-state index contributed by atoms with van der Waals surface area (Å²) in [6.45, 7) is 4.66. The smallest absolute Gasteiger partial charge is 0.226 e. The molecule has 0 spiro atoms. The molecule has 0 bridgehead atoms. The molecule has 1 heterocycles. The number of aliphatic imine (C=N–C) groups is 2. The van der Waals surface area contributed by atoms with Gasteiger partial charge in [-0.2, -0.15) is 10.1 Å². The van der Waals surface area contributed by atoms with Gasteiger partial charge in [0, 0.05) is 10.9 Å². The Morgan fingerprint density at radius 3 is 2.58 bits per heavy atom. The molecule has 2 aromatic rings. The van der Waals surface area contributed by atoms with Crippen LogP contribution in [-0.2, 0) is 4.84 Å². The van der Waals surface area contributed by atoms with Crippen LogP contribution in [0.5, 0.6) is 5.75 Å². The van der Waals surface area contributed by atoms with Gasteiger partial charge in [0.25, 0.3) is 0 Å². The lowest BCUT2D eigenvalue weighted by molar-refractivity contribution is -0.158. The molecule has 0 saturated carbocycles. The molecular weight excluding hydrogens is 398 g/mol. The summed E-state index contributed by atoms with van der Waals surface area (Å²) in [5.41, 5.74) is 10.8. The molecule has 0 atom stereocenters. The Hall–Kier alpha value is -2.32. The number of hydrogen-bond donors (Lipinski definition) is 2. The van der Waals surface area contributed by atoms with Gasteiger partial charge in [-0.25, -0.2) is 4.99 Å². The van der Waals surface area contributed by atoms with Gasteiger partial charge in [0.05, 0.1) is 13.2 Å². The van der Waals surface area contributed by atoms with Gasteiger partial charge in [-0.1, -0.05) is 28.1 Å². The molecule has 7 nitrogen and oxygen atoms in total. The van der Waals surface area contributed by atoms with Crippen LogP contribution < -0.4 is 16.2 Å². The molecule has 0 amide bonds. The van der Waals surface area contributed by atoms with E-state index in [-0.39, 0.29) is 11.9 Å². The second kappa shape index (κ2) is 7.51. The standard InChI is InChI=1S/C18H22BrN5O2/c1-18(2)23-16(20)22-17(21)24(18)26-9-3-8-25-15-7-5-12-10-14(19)6-4-13(12)11-15/h4-7,10-11H,3,8-9H2,1-2H3,(H4,20,21,22,23). The number of nitrogens with two attached hydrogens (primary N) is 2. The topological polar surface area (TPSA) is 98.5 Å². The number of nitrogens with zero attached hydrogens (tertiary/aromatic N) is 3. The minimum atomic E-state index is -0.691. The number of halogens is 1. The summed E-state index contributed by atoms with van der Waals surface area (Å²) in [5.74, 6) is 1.18. The summed E-state index contributed by atoms with van der Waals surface area (Å²) in [6, 6.07) is 12.2. The van der Waals surface area contributed by atoms with Crippen LogP contribution in [-0.4, -0.2) is 35.9 Å². The molecule has 2 aromatic carbocycles. The van der Waals surface area contributed by atoms with Crippen LogP contribution >= 0.6 is 15.9 Å². The van der Waals surface area contributed by atoms with Crippen LogP contribution in [0.3, 0.4) is 0 Å². The van der Waals surface area contributed by atoms with E-state index in [0.29, 0.717) is 19.6 Å². The molecule has 8 heteroatoms. The molecule has 1 aliphatic heterocycles. The molecule has 0 aliphatic carbocycles. The number of benzene rings is 2. The van der Waals surface area contributed by atoms with Gasteiger partial charge in [-0.15, -0.1) is 0 Å². The fourth-order valence-corrected chi connectivity index (χ4v) is 3.09. The van der Waals surface area contributed by atoms with Crippen molar-refractivity contribution in [2.45, 2.75) is 25.9 Å². The lowest BCUT2D eigenvalue weighted by atomic mass is 10.1. The number of hydrogen-bond acceptors (Lipinski definition) is 7. The van der Waals surface area contributed by atoms with Crippen molar-refractivity contribution in [3.8, 4) is 5.75 Å². The third-order valence-electron chi connectivity index (χ3n) is 3.87. The van der Waals surface area contributed by atoms with Crippen LogP contribution in [0.2, 0.25) is 0 Å². The Labute approximate surface area is 160 Å². The highest BCUT2D eigenvalue weighted by molar-refractivity contribution is 9.10. The summed E-state index contributed by atoms with van der Waals surface area (Å²) in [6.07, 6.45) is 0.692. The molecule has 0 unspecified atom stereocenters. The normalized spacial score (nSPS) is 16.3. The second-order valence-corrected chi connectivity index (χ2v) is 7.33. The summed E-state index contributed by atoms with van der Waals surface area (Å²) < 4.78 is 6.87. The Bertz CT molecular complexity index is 866. The van der Waals surface area contributed by atoms with E-state index in [9.17, 15) is 0 Å². The van der Waals surface area contributed by atoms with Crippen LogP contribution in [0.25, 0.3) is 10.8 Å². The van der Waals surface area contributed by atoms with Crippen molar-refractivity contribution in [3.63, 3.8) is 0 Å². The van der Waals surface area contributed by atoms with Crippen molar-refractivity contribution in [1.29, 1.82) is 0 Å². The van der Waals surface area contributed by atoms with E-state index >= 15 is 0 Å². The largest absolute Gasteiger partial charge is 0.493 e. The molecule has 0 saturated heterocycles. The van der Waals surface area contributed by atoms with Crippen LogP contribution in [0.1, 0.15) is 20.3 Å². The molecule has 26 heavy (non-hydrogen) atoms. The van der Waals surface area contributed by atoms with E-state index in [0.717, 1.165) is 21.0 Å². The number of hydroxylamine groups is 2. The van der Waals surface area contributed by atoms with E-state index in [4.69, 9.17) is 21.0 Å². The quantitative estimate of drug-likeness (QED) is 0.701. The zero-order valence-corrected chi connectivity index (χ0v) is 16.4. The monoisotopic (exact) mass is 419 g/mol. The predicted octanol–water partition coefficient (Wildman–Crippen LogP) is 2.98. The van der Waals surface area contributed by atoms with Gasteiger partial charge >= 0.3 is 0 Å². The third-order valence-corrected chi connectivity index (χ3v) is 4.37. The van der Waals surface area contributed by atoms with Crippen molar-refractivity contribution >= 4 is 38.6 Å². The molecule has 0 radical (unpaired) electrons. The Balaban J connectivity index is 1.49. The van der Waals surface area contributed by atoms with E-state index < -0.39 is 5.66 Å². The van der Waals surface area contributed by atoms with Gasteiger partial charge < -0.3 is 16.2 Å². The van der Waals surface area contributed by atoms with Crippen LogP contribution in [0.4, 0.5) is 0 Å². The second-order valence-electron chi connectivity index (χ2n) is 6.42. The lowest BCUT2D eigenvalue weighted by Gasteiger charge is -2.36. The highest BCUT2D eigenvalue weighted by atomic mass is 79.9. The van der Waals surface area contributed by atoms with Gasteiger partial charge in [0.15, 0.2) is 5.66 Å². The summed E-state index contributed by atoms with van der Waals surface area (Å²) >= 11 is 3.48. The molecule has 4 N–H and O–H groups in total. The summed E-state index contributed by atoms with van der Waals surface area (Å²) in [7, 11) is 0. The Morgan fingerprint density at radius 2 is 1.81 bits per heavy atom. The molecule has 3 rings (SSSR count). The maximum absolute atomic E-state index is 5.87. The average molecular weight is 420 g/mol. The SMILES string of the molecule is CC1(C)N=C(N)N=C(N)N1OCCCOc1ccc2cc(Br)ccc2c1. The first kappa shape index (κ1) is 18.5. The first-order valence-corrected chi connectivity index (χ1v) is 9.09. The Kier molecular flexibility index (Phi) is 5.33. The average Bonchev–Trinajstić information content (AvgIpc) is 2.56. The number of ether oxygens (including phenoxy) is 1. The third kappa shape index (κ3) is 4.25. The van der Waals surface area contributed by atoms with Crippen LogP contribution in [0.15, 0.2) is 50.9 Å². The highest BCUT2D eigenvalue weighted by Crippen LogP contribution is 2.24. The van der Waals surface area contributed by atoms with Gasteiger partial charge in [0.2, 0.25) is 11.9 Å². The molecular formula is C18H22BrN5O2. The fourth-order valence-electron chi connectivity index (χ4n) is 2.71. The Morgan fingerprint density at radius 1 is 1.08 bits per heavy atom. The number of guanidine groups is 2. The number of fused-ring (bicyclic) bond motifs is 1. The zero-order chi connectivity index (χ0) is 18.7. The van der Waals surface area contributed by atoms with Gasteiger partial charge in [-0.3, -0.25) is 4.84 Å². The van der Waals surface area contributed by atoms with E-state index in [1.54, 1.807) is 0 Å². The van der Waals surface area contributed by atoms with Crippen molar-refractivity contribution in [2.75, 3.05) is 13.2 Å². The maximum Gasteiger partial charge on any atom is 0.226 e. The summed E-state index contributed by atoms with van der Waals surface area (Å²) in [5, 5.41) is 3.77. The molecule has 1 aliphatic rings. The van der Waals surface area contributed by atoms with Crippen molar-refractivity contribution in [3.05, 3.63) is 40.9 Å². The molecule has 0 aromatic heterocycles. The van der Waals surface area contributed by atoms with Crippen molar-refractivity contribution < 1.29 is 9.57 Å². The first-order valence-electron chi connectivity index (χ1n) is 8.30. The maximum atomic E-state index is 5.87. The molecule has 138 valence electrons. The minimum Gasteiger partial charge on any atom is -0.493 e. The van der Waals surface area contributed by atoms with Crippen molar-refractivity contribution in [2.24, 2.45) is 21.5 Å². The van der Waals surface area contributed by atoms with Gasteiger partial charge in [-0.05, 0) is 48.9 Å². The first-order chi connectivity index (χ1) is 12.3. The summed E-state index contributed by atoms with van der Waals surface area (Å²) in [4.78, 5) is 13.9. The zero-order valence-electron chi connectivity index (χ0n) is 14.8. The number of rotatable bonds is 6. The van der Waals surface area contributed by atoms with E-state index in [2.05, 4.69) is 38.0 Å². The van der Waals surface area contributed by atoms with Crippen LogP contribution in [0, 0.1) is 0 Å². The van der Waals surface area contributed by atoms with Crippen molar-refractivity contribution in [1.82, 2.24) is 5.06 Å². The fraction of sp³-hybridized carbons (Fsp3) is 0.333. The predicted molar refractivity (Wildman–Crippen MR) is 107 cm³/mol. The minimum absolute atomic E-state index is 0.152. The van der Waals surface area contributed by atoms with E-state index in [1.807, 2.05) is 38.1 Å². The molecule has 0 fully saturated rings. The van der Waals surface area contributed by atoms with E-state index in [1.165, 1.54) is 5.06 Å².